The number of hydrazine groups is 1. The van der Waals surface area contributed by atoms with Crippen LogP contribution in [-0.4, -0.2) is 35.7 Å². The lowest BCUT2D eigenvalue weighted by molar-refractivity contribution is -0.141. The maximum atomic E-state index is 12.9. The zero-order chi connectivity index (χ0) is 19.9. The molecule has 0 fully saturated rings. The van der Waals surface area contributed by atoms with Gasteiger partial charge in [0.15, 0.2) is 0 Å². The number of benzene rings is 1. The molecule has 0 saturated heterocycles. The first-order valence-corrected chi connectivity index (χ1v) is 8.09. The fourth-order valence-corrected chi connectivity index (χ4v) is 1.94. The molecule has 0 aromatic heterocycles. The maximum absolute atomic E-state index is 12.9. The van der Waals surface area contributed by atoms with Crippen LogP contribution >= 0.6 is 0 Å². The van der Waals surface area contributed by atoms with Gasteiger partial charge >= 0.3 is 11.8 Å². The Morgan fingerprint density at radius 1 is 0.846 bits per heavy atom. The molecule has 0 unspecified atom stereocenters. The van der Waals surface area contributed by atoms with Gasteiger partial charge in [0.05, 0.1) is 0 Å². The molecular weight excluding hydrogens is 343 g/mol. The van der Waals surface area contributed by atoms with E-state index >= 15 is 0 Å². The zero-order valence-corrected chi connectivity index (χ0v) is 15.1. The van der Waals surface area contributed by atoms with Crippen molar-refractivity contribution < 1.29 is 23.6 Å². The highest BCUT2D eigenvalue weighted by molar-refractivity contribution is 6.35. The second-order valence-electron chi connectivity index (χ2n) is 6.27. The van der Waals surface area contributed by atoms with Crippen LogP contribution in [-0.2, 0) is 14.4 Å². The highest BCUT2D eigenvalue weighted by Crippen LogP contribution is 2.06. The third-order valence-corrected chi connectivity index (χ3v) is 3.27. The molecule has 1 aromatic carbocycles. The summed E-state index contributed by atoms with van der Waals surface area (Å²) in [5.41, 5.74) is 4.29. The fraction of sp³-hybridized carbons (Fsp3) is 0.412. The van der Waals surface area contributed by atoms with Crippen LogP contribution in [0.15, 0.2) is 24.3 Å². The lowest BCUT2D eigenvalue weighted by Gasteiger charge is -2.21. The molecule has 0 spiro atoms. The van der Waals surface area contributed by atoms with Crippen LogP contribution in [0, 0.1) is 11.7 Å². The first-order valence-electron chi connectivity index (χ1n) is 8.09. The summed E-state index contributed by atoms with van der Waals surface area (Å²) in [7, 11) is 0. The van der Waals surface area contributed by atoms with Crippen LogP contribution in [0.3, 0.4) is 0 Å². The third kappa shape index (κ3) is 6.50. The summed E-state index contributed by atoms with van der Waals surface area (Å²) in [6.45, 7) is 6.76. The SMILES string of the molecule is CC(C)NC(=O)C(=O)NNC(=O)[C@@H](NC(=O)c1ccc(F)cc1)C(C)C. The average molecular weight is 366 g/mol. The summed E-state index contributed by atoms with van der Waals surface area (Å²) in [4.78, 5) is 47.5. The Morgan fingerprint density at radius 3 is 1.92 bits per heavy atom. The van der Waals surface area contributed by atoms with Gasteiger partial charge in [-0.2, -0.15) is 0 Å². The molecule has 0 aliphatic carbocycles. The monoisotopic (exact) mass is 366 g/mol. The van der Waals surface area contributed by atoms with Crippen LogP contribution in [0.2, 0.25) is 0 Å². The molecule has 0 aliphatic heterocycles. The minimum atomic E-state index is -1.03. The minimum Gasteiger partial charge on any atom is -0.346 e. The van der Waals surface area contributed by atoms with Crippen LogP contribution in [0.4, 0.5) is 4.39 Å². The Kier molecular flexibility index (Phi) is 7.70. The summed E-state index contributed by atoms with van der Waals surface area (Å²) in [6.07, 6.45) is 0. The molecule has 0 bridgehead atoms. The molecule has 26 heavy (non-hydrogen) atoms. The molecule has 0 heterocycles. The van der Waals surface area contributed by atoms with Gasteiger partial charge in [0.1, 0.15) is 11.9 Å². The molecule has 1 rings (SSSR count). The number of halogens is 1. The van der Waals surface area contributed by atoms with Gasteiger partial charge in [-0.05, 0) is 44.0 Å². The summed E-state index contributed by atoms with van der Waals surface area (Å²) >= 11 is 0. The highest BCUT2D eigenvalue weighted by Gasteiger charge is 2.26. The van der Waals surface area contributed by atoms with Crippen LogP contribution in [0.25, 0.3) is 0 Å². The number of carbonyl (C=O) groups excluding carboxylic acids is 4. The average Bonchev–Trinajstić information content (AvgIpc) is 2.56. The number of carbonyl (C=O) groups is 4. The lowest BCUT2D eigenvalue weighted by Crippen LogP contribution is -2.56. The molecular formula is C17H23FN4O4. The van der Waals surface area contributed by atoms with Gasteiger partial charge in [0, 0.05) is 11.6 Å². The van der Waals surface area contributed by atoms with E-state index in [-0.39, 0.29) is 17.5 Å². The number of hydrogen-bond donors (Lipinski definition) is 4. The molecule has 142 valence electrons. The third-order valence-electron chi connectivity index (χ3n) is 3.27. The molecule has 0 aliphatic rings. The van der Waals surface area contributed by atoms with Gasteiger partial charge in [-0.1, -0.05) is 13.8 Å². The Hall–Kier alpha value is -2.97. The summed E-state index contributed by atoms with van der Waals surface area (Å²) < 4.78 is 12.9. The molecule has 1 aromatic rings. The predicted octanol–water partition coefficient (Wildman–Crippen LogP) is 0.252. The van der Waals surface area contributed by atoms with Crippen LogP contribution < -0.4 is 21.5 Å². The van der Waals surface area contributed by atoms with Gasteiger partial charge in [-0.15, -0.1) is 0 Å². The van der Waals surface area contributed by atoms with E-state index in [0.717, 1.165) is 12.1 Å². The molecule has 0 radical (unpaired) electrons. The van der Waals surface area contributed by atoms with Gasteiger partial charge in [0.2, 0.25) is 0 Å². The highest BCUT2D eigenvalue weighted by atomic mass is 19.1. The molecule has 8 nitrogen and oxygen atoms in total. The van der Waals surface area contributed by atoms with Crippen molar-refractivity contribution in [2.24, 2.45) is 5.92 Å². The molecule has 4 amide bonds. The molecule has 9 heteroatoms. The molecule has 4 N–H and O–H groups in total. The number of nitrogens with one attached hydrogen (secondary N) is 4. The number of amides is 4. The fourth-order valence-electron chi connectivity index (χ4n) is 1.94. The van der Waals surface area contributed by atoms with Crippen LogP contribution in [0.5, 0.6) is 0 Å². The summed E-state index contributed by atoms with van der Waals surface area (Å²) in [5.74, 6) is -3.97. The Bertz CT molecular complexity index is 674. The van der Waals surface area contributed by atoms with E-state index < -0.39 is 35.5 Å². The van der Waals surface area contributed by atoms with Crippen molar-refractivity contribution in [3.63, 3.8) is 0 Å². The van der Waals surface area contributed by atoms with Crippen molar-refractivity contribution in [1.29, 1.82) is 0 Å². The van der Waals surface area contributed by atoms with Gasteiger partial charge in [0.25, 0.3) is 11.8 Å². The number of rotatable bonds is 5. The van der Waals surface area contributed by atoms with E-state index in [1.807, 2.05) is 5.43 Å². The normalized spacial score (nSPS) is 11.7. The standard InChI is InChI=1S/C17H23FN4O4/c1-9(2)13(20-14(23)11-5-7-12(18)8-6-11)15(24)21-22-17(26)16(25)19-10(3)4/h5-10,13H,1-4H3,(H,19,25)(H,20,23)(H,21,24)(H,22,26)/t13-/m0/s1. The quantitative estimate of drug-likeness (QED) is 0.442. The van der Waals surface area contributed by atoms with Gasteiger partial charge < -0.3 is 10.6 Å². The van der Waals surface area contributed by atoms with Crippen molar-refractivity contribution >= 4 is 23.6 Å². The van der Waals surface area contributed by atoms with E-state index in [4.69, 9.17) is 0 Å². The molecule has 1 atom stereocenters. The Balaban J connectivity index is 2.67. The zero-order valence-electron chi connectivity index (χ0n) is 15.1. The summed E-state index contributed by atoms with van der Waals surface area (Å²) in [6, 6.07) is 3.64. The summed E-state index contributed by atoms with van der Waals surface area (Å²) in [5, 5.41) is 4.89. The van der Waals surface area contributed by atoms with E-state index in [0.29, 0.717) is 0 Å². The number of hydrogen-bond acceptors (Lipinski definition) is 4. The van der Waals surface area contributed by atoms with E-state index in [1.165, 1.54) is 12.1 Å². The first kappa shape index (κ1) is 21.1. The second-order valence-corrected chi connectivity index (χ2v) is 6.27. The minimum absolute atomic E-state index is 0.185. The van der Waals surface area contributed by atoms with E-state index in [1.54, 1.807) is 27.7 Å². The topological polar surface area (TPSA) is 116 Å². The lowest BCUT2D eigenvalue weighted by atomic mass is 10.0. The predicted molar refractivity (Wildman–Crippen MR) is 92.1 cm³/mol. The van der Waals surface area contributed by atoms with Crippen molar-refractivity contribution in [1.82, 2.24) is 21.5 Å². The van der Waals surface area contributed by atoms with E-state index in [2.05, 4.69) is 16.1 Å². The van der Waals surface area contributed by atoms with Crippen LogP contribution in [0.1, 0.15) is 38.1 Å². The molecule has 0 saturated carbocycles. The Morgan fingerprint density at radius 2 is 1.42 bits per heavy atom. The van der Waals surface area contributed by atoms with E-state index in [9.17, 15) is 23.6 Å². The second kappa shape index (κ2) is 9.50. The smallest absolute Gasteiger partial charge is 0.327 e. The van der Waals surface area contributed by atoms with Crippen molar-refractivity contribution in [3.05, 3.63) is 35.6 Å². The van der Waals surface area contributed by atoms with Crippen molar-refractivity contribution in [2.75, 3.05) is 0 Å². The Labute approximate surface area is 150 Å². The van der Waals surface area contributed by atoms with Crippen molar-refractivity contribution in [2.45, 2.75) is 39.8 Å². The largest absolute Gasteiger partial charge is 0.346 e. The van der Waals surface area contributed by atoms with Crippen molar-refractivity contribution in [3.8, 4) is 0 Å². The maximum Gasteiger partial charge on any atom is 0.327 e. The van der Waals surface area contributed by atoms with Gasteiger partial charge in [-0.25, -0.2) is 4.39 Å². The van der Waals surface area contributed by atoms with Gasteiger partial charge in [-0.3, -0.25) is 30.0 Å². The first-order chi connectivity index (χ1) is 12.1.